The third-order valence-electron chi connectivity index (χ3n) is 2.01. The Hall–Kier alpha value is -1.02. The quantitative estimate of drug-likeness (QED) is 0.570. The van der Waals surface area contributed by atoms with Crippen LogP contribution in [0.25, 0.3) is 0 Å². The normalized spacial score (nSPS) is 15.4. The highest BCUT2D eigenvalue weighted by Crippen LogP contribution is 2.47. The Labute approximate surface area is 98.1 Å². The minimum atomic E-state index is -6.54. The largest absolute Gasteiger partial charge is 0.460 e. The Morgan fingerprint density at radius 3 is 1.89 bits per heavy atom. The Balaban J connectivity index is 4.98. The van der Waals surface area contributed by atoms with Gasteiger partial charge in [-0.05, 0) is 13.3 Å². The highest BCUT2D eigenvalue weighted by atomic mass is 19.4. The molecule has 9 heteroatoms. The summed E-state index contributed by atoms with van der Waals surface area (Å²) in [7, 11) is 0. The molecule has 0 amide bonds. The van der Waals surface area contributed by atoms with Gasteiger partial charge in [-0.3, -0.25) is 0 Å². The van der Waals surface area contributed by atoms with Crippen molar-refractivity contribution in [2.24, 2.45) is 0 Å². The second kappa shape index (κ2) is 5.31. The Morgan fingerprint density at radius 2 is 1.56 bits per heavy atom. The van der Waals surface area contributed by atoms with Gasteiger partial charge >= 0.3 is 24.0 Å². The number of hydrogen-bond acceptors (Lipinski definition) is 2. The fraction of sp³-hybridized carbons (Fsp3) is 0.889. The fourth-order valence-electron chi connectivity index (χ4n) is 1.03. The van der Waals surface area contributed by atoms with Crippen LogP contribution in [-0.2, 0) is 9.53 Å². The molecule has 0 saturated heterocycles. The third kappa shape index (κ3) is 3.26. The van der Waals surface area contributed by atoms with Crippen molar-refractivity contribution in [3.8, 4) is 0 Å². The van der Waals surface area contributed by atoms with Crippen LogP contribution in [0, 0.1) is 0 Å². The summed E-state index contributed by atoms with van der Waals surface area (Å²) >= 11 is 0. The lowest BCUT2D eigenvalue weighted by molar-refractivity contribution is -0.349. The van der Waals surface area contributed by atoms with Gasteiger partial charge in [-0.15, -0.1) is 0 Å². The van der Waals surface area contributed by atoms with E-state index in [-0.39, 0.29) is 6.42 Å². The van der Waals surface area contributed by atoms with Crippen molar-refractivity contribution in [1.29, 1.82) is 0 Å². The predicted octanol–water partition coefficient (Wildman–Crippen LogP) is 3.55. The molecule has 0 aromatic heterocycles. The van der Waals surface area contributed by atoms with Crippen LogP contribution >= 0.6 is 0 Å². The molecule has 1 atom stereocenters. The molecule has 0 aromatic rings. The van der Waals surface area contributed by atoms with Gasteiger partial charge in [0.1, 0.15) is 0 Å². The molecule has 108 valence electrons. The first kappa shape index (κ1) is 17.0. The molecule has 0 spiro atoms. The smallest absolute Gasteiger partial charge is 0.458 e. The summed E-state index contributed by atoms with van der Waals surface area (Å²) in [4.78, 5) is 10.7. The van der Waals surface area contributed by atoms with E-state index < -0.39 is 30.1 Å². The average molecular weight is 284 g/mol. The molecule has 0 fully saturated rings. The van der Waals surface area contributed by atoms with Crippen molar-refractivity contribution in [3.05, 3.63) is 0 Å². The lowest BCUT2D eigenvalue weighted by Gasteiger charge is -2.27. The van der Waals surface area contributed by atoms with Crippen molar-refractivity contribution < 1.29 is 40.3 Å². The van der Waals surface area contributed by atoms with Gasteiger partial charge in [-0.25, -0.2) is 4.79 Å². The maximum atomic E-state index is 12.7. The van der Waals surface area contributed by atoms with Gasteiger partial charge < -0.3 is 4.74 Å². The monoisotopic (exact) mass is 284 g/mol. The fourth-order valence-corrected chi connectivity index (χ4v) is 1.03. The van der Waals surface area contributed by atoms with Gasteiger partial charge in [0, 0.05) is 0 Å². The first-order valence-electron chi connectivity index (χ1n) is 4.91. The van der Waals surface area contributed by atoms with Crippen molar-refractivity contribution in [1.82, 2.24) is 0 Å². The van der Waals surface area contributed by atoms with Gasteiger partial charge in [-0.2, -0.15) is 30.7 Å². The standard InChI is InChI=1S/C9H11F7O2/c1-3-4-5(2)18-6(17)7(10,11)8(12,13)9(14,15)16/h5H,3-4H2,1-2H3. The zero-order valence-corrected chi connectivity index (χ0v) is 9.45. The maximum absolute atomic E-state index is 12.7. The highest BCUT2D eigenvalue weighted by molar-refractivity contribution is 5.79. The number of carbonyl (C=O) groups excluding carboxylic acids is 1. The molecule has 0 aliphatic rings. The van der Waals surface area contributed by atoms with Crippen molar-refractivity contribution in [2.75, 3.05) is 0 Å². The molecule has 0 radical (unpaired) electrons. The van der Waals surface area contributed by atoms with Gasteiger partial charge in [-0.1, -0.05) is 13.3 Å². The van der Waals surface area contributed by atoms with Crippen LogP contribution < -0.4 is 0 Å². The number of alkyl halides is 7. The molecule has 0 aliphatic carbocycles. The first-order chi connectivity index (χ1) is 7.88. The molecule has 2 nitrogen and oxygen atoms in total. The lowest BCUT2D eigenvalue weighted by atomic mass is 10.1. The van der Waals surface area contributed by atoms with Crippen molar-refractivity contribution in [2.45, 2.75) is 50.8 Å². The van der Waals surface area contributed by atoms with Crippen molar-refractivity contribution in [3.63, 3.8) is 0 Å². The first-order valence-corrected chi connectivity index (χ1v) is 4.91. The highest BCUT2D eigenvalue weighted by Gasteiger charge is 2.77. The third-order valence-corrected chi connectivity index (χ3v) is 2.01. The van der Waals surface area contributed by atoms with E-state index >= 15 is 0 Å². The summed E-state index contributed by atoms with van der Waals surface area (Å²) < 4.78 is 89.4. The molecular formula is C9H11F7O2. The summed E-state index contributed by atoms with van der Waals surface area (Å²) in [5.41, 5.74) is 0. The average Bonchev–Trinajstić information content (AvgIpc) is 2.15. The summed E-state index contributed by atoms with van der Waals surface area (Å²) in [6, 6.07) is 0. The van der Waals surface area contributed by atoms with E-state index in [0.717, 1.165) is 6.92 Å². The molecule has 0 rings (SSSR count). The molecule has 0 aliphatic heterocycles. The minimum Gasteiger partial charge on any atom is -0.458 e. The SMILES string of the molecule is CCCC(C)OC(=O)C(F)(F)C(F)(F)C(F)(F)F. The Kier molecular flexibility index (Phi) is 5.01. The zero-order chi connectivity index (χ0) is 14.8. The lowest BCUT2D eigenvalue weighted by Crippen LogP contribution is -2.57. The van der Waals surface area contributed by atoms with Crippen LogP contribution in [0.2, 0.25) is 0 Å². The van der Waals surface area contributed by atoms with E-state index in [1.54, 1.807) is 6.92 Å². The maximum Gasteiger partial charge on any atom is 0.460 e. The van der Waals surface area contributed by atoms with E-state index in [1.807, 2.05) is 0 Å². The molecule has 18 heavy (non-hydrogen) atoms. The number of hydrogen-bond donors (Lipinski definition) is 0. The molecule has 0 saturated carbocycles. The Morgan fingerprint density at radius 1 is 1.11 bits per heavy atom. The number of ether oxygens (including phenoxy) is 1. The molecule has 0 heterocycles. The summed E-state index contributed by atoms with van der Waals surface area (Å²) in [6.45, 7) is 2.70. The van der Waals surface area contributed by atoms with Gasteiger partial charge in [0.2, 0.25) is 0 Å². The van der Waals surface area contributed by atoms with Gasteiger partial charge in [0.15, 0.2) is 0 Å². The van der Waals surface area contributed by atoms with E-state index in [2.05, 4.69) is 4.74 Å². The number of carbonyl (C=O) groups is 1. The van der Waals surface area contributed by atoms with Crippen LogP contribution in [-0.4, -0.2) is 30.1 Å². The number of halogens is 7. The second-order valence-corrected chi connectivity index (χ2v) is 3.65. The van der Waals surface area contributed by atoms with Crippen LogP contribution in [0.15, 0.2) is 0 Å². The minimum absolute atomic E-state index is 0.0689. The Bertz CT molecular complexity index is 298. The van der Waals surface area contributed by atoms with Gasteiger partial charge in [0.05, 0.1) is 6.10 Å². The molecule has 1 unspecified atom stereocenters. The van der Waals surface area contributed by atoms with E-state index in [1.165, 1.54) is 0 Å². The van der Waals surface area contributed by atoms with E-state index in [4.69, 9.17) is 0 Å². The number of esters is 1. The predicted molar refractivity (Wildman–Crippen MR) is 46.4 cm³/mol. The molecule has 0 aromatic carbocycles. The van der Waals surface area contributed by atoms with Crippen LogP contribution in [0.3, 0.4) is 0 Å². The second-order valence-electron chi connectivity index (χ2n) is 3.65. The van der Waals surface area contributed by atoms with Crippen LogP contribution in [0.5, 0.6) is 0 Å². The topological polar surface area (TPSA) is 26.3 Å². The summed E-state index contributed by atoms with van der Waals surface area (Å²) in [5.74, 6) is -15.3. The molecular weight excluding hydrogens is 273 g/mol. The van der Waals surface area contributed by atoms with E-state index in [0.29, 0.717) is 6.42 Å². The zero-order valence-electron chi connectivity index (χ0n) is 9.45. The number of rotatable bonds is 5. The summed E-state index contributed by atoms with van der Waals surface area (Å²) in [5, 5.41) is 0. The van der Waals surface area contributed by atoms with Crippen LogP contribution in [0.1, 0.15) is 26.7 Å². The van der Waals surface area contributed by atoms with Gasteiger partial charge in [0.25, 0.3) is 0 Å². The van der Waals surface area contributed by atoms with E-state index in [9.17, 15) is 35.5 Å². The molecule has 0 N–H and O–H groups in total. The molecule has 0 bridgehead atoms. The van der Waals surface area contributed by atoms with Crippen LogP contribution in [0.4, 0.5) is 30.7 Å². The van der Waals surface area contributed by atoms with Crippen molar-refractivity contribution >= 4 is 5.97 Å². The summed E-state index contributed by atoms with van der Waals surface area (Å²) in [6.07, 6.45) is -7.25.